The number of carbonyl (C=O) groups is 4. The minimum Gasteiger partial charge on any atom is -0.493 e. The zero-order valence-corrected chi connectivity index (χ0v) is 21.5. The van der Waals surface area contributed by atoms with Crippen molar-refractivity contribution in [3.05, 3.63) is 65.2 Å². The van der Waals surface area contributed by atoms with E-state index in [2.05, 4.69) is 0 Å². The molecule has 1 atom stereocenters. The molecule has 0 aliphatic carbocycles. The van der Waals surface area contributed by atoms with E-state index in [0.717, 1.165) is 16.9 Å². The highest BCUT2D eigenvalue weighted by Crippen LogP contribution is 2.33. The normalized spacial score (nSPS) is 13.9. The van der Waals surface area contributed by atoms with Crippen LogP contribution in [0.3, 0.4) is 0 Å². The molecule has 0 radical (unpaired) electrons. The van der Waals surface area contributed by atoms with Gasteiger partial charge in [-0.1, -0.05) is 36.4 Å². The summed E-state index contributed by atoms with van der Waals surface area (Å²) in [4.78, 5) is 51.4. The number of unbranched alkanes of at least 4 members (excludes halogenated alkanes) is 1. The molecule has 0 spiro atoms. The lowest BCUT2D eigenvalue weighted by atomic mass is 10.1. The van der Waals surface area contributed by atoms with Gasteiger partial charge in [-0.2, -0.15) is 0 Å². The van der Waals surface area contributed by atoms with Crippen LogP contribution in [0.4, 0.5) is 0 Å². The summed E-state index contributed by atoms with van der Waals surface area (Å²) in [5.74, 6) is -2.48. The summed E-state index contributed by atoms with van der Waals surface area (Å²) in [6.07, 6.45) is 1.14. The summed E-state index contributed by atoms with van der Waals surface area (Å²) >= 11 is 0. The summed E-state index contributed by atoms with van der Waals surface area (Å²) < 4.78 is 16.8. The Hall–Kier alpha value is -3.72. The zero-order valence-electron chi connectivity index (χ0n) is 21.5. The zero-order chi connectivity index (χ0) is 27.0. The Labute approximate surface area is 216 Å². The van der Waals surface area contributed by atoms with Crippen molar-refractivity contribution in [2.75, 3.05) is 13.2 Å². The standard InChI is InChI=1S/C28H34N2O7/c1-28(2,3)37-23(31)15-14-21(25(29)32)30-26(33)20-12-9-13-22(24(20)27(30)34)36-17-8-7-16-35-18-19-10-5-4-6-11-19/h4-6,9-13,21H,7-8,14-18H2,1-3H3,(H2,29,32)/t21-/m0/s1. The van der Waals surface area contributed by atoms with Crippen molar-refractivity contribution >= 4 is 23.7 Å². The Morgan fingerprint density at radius 3 is 2.32 bits per heavy atom. The molecule has 37 heavy (non-hydrogen) atoms. The number of carbonyl (C=O) groups excluding carboxylic acids is 4. The number of hydrogen-bond donors (Lipinski definition) is 1. The lowest BCUT2D eigenvalue weighted by molar-refractivity contribution is -0.155. The maximum absolute atomic E-state index is 13.2. The van der Waals surface area contributed by atoms with Crippen LogP contribution >= 0.6 is 0 Å². The van der Waals surface area contributed by atoms with Gasteiger partial charge < -0.3 is 19.9 Å². The number of ether oxygens (including phenoxy) is 3. The van der Waals surface area contributed by atoms with Crippen LogP contribution in [-0.2, 0) is 25.7 Å². The molecular formula is C28H34N2O7. The Morgan fingerprint density at radius 2 is 1.65 bits per heavy atom. The summed E-state index contributed by atoms with van der Waals surface area (Å²) in [7, 11) is 0. The number of hydrogen-bond acceptors (Lipinski definition) is 7. The number of primary amides is 1. The van der Waals surface area contributed by atoms with E-state index in [1.165, 1.54) is 6.07 Å². The van der Waals surface area contributed by atoms with E-state index in [0.29, 0.717) is 26.2 Å². The third kappa shape index (κ3) is 7.63. The highest BCUT2D eigenvalue weighted by molar-refractivity contribution is 6.24. The molecule has 2 aromatic carbocycles. The molecule has 1 heterocycles. The molecule has 2 aromatic rings. The van der Waals surface area contributed by atoms with Gasteiger partial charge in [-0.3, -0.25) is 24.1 Å². The highest BCUT2D eigenvalue weighted by Gasteiger charge is 2.44. The predicted octanol–water partition coefficient (Wildman–Crippen LogP) is 3.63. The first-order chi connectivity index (χ1) is 17.6. The Bertz CT molecular complexity index is 1130. The molecule has 0 saturated carbocycles. The molecule has 0 unspecified atom stereocenters. The van der Waals surface area contributed by atoms with Gasteiger partial charge in [0.15, 0.2) is 0 Å². The largest absolute Gasteiger partial charge is 0.493 e. The third-order valence-corrected chi connectivity index (χ3v) is 5.64. The lowest BCUT2D eigenvalue weighted by Gasteiger charge is -2.24. The van der Waals surface area contributed by atoms with E-state index < -0.39 is 35.3 Å². The van der Waals surface area contributed by atoms with Crippen molar-refractivity contribution in [1.29, 1.82) is 0 Å². The second kappa shape index (κ2) is 12.5. The Balaban J connectivity index is 1.56. The van der Waals surface area contributed by atoms with Crippen LogP contribution in [0.1, 0.15) is 72.7 Å². The van der Waals surface area contributed by atoms with Gasteiger partial charge in [0.2, 0.25) is 5.91 Å². The van der Waals surface area contributed by atoms with Crippen LogP contribution in [0.2, 0.25) is 0 Å². The van der Waals surface area contributed by atoms with Crippen LogP contribution in [0, 0.1) is 0 Å². The van der Waals surface area contributed by atoms with Gasteiger partial charge in [0.25, 0.3) is 11.8 Å². The summed E-state index contributed by atoms with van der Waals surface area (Å²) in [6.45, 7) is 6.59. The van der Waals surface area contributed by atoms with E-state index in [-0.39, 0.29) is 29.7 Å². The number of rotatable bonds is 13. The van der Waals surface area contributed by atoms with E-state index in [4.69, 9.17) is 19.9 Å². The van der Waals surface area contributed by atoms with E-state index in [9.17, 15) is 19.2 Å². The van der Waals surface area contributed by atoms with Crippen LogP contribution in [0.15, 0.2) is 48.5 Å². The molecule has 0 aromatic heterocycles. The maximum atomic E-state index is 13.2. The Kier molecular flexibility index (Phi) is 9.41. The number of nitrogens with two attached hydrogens (primary N) is 1. The van der Waals surface area contributed by atoms with Crippen molar-refractivity contribution in [2.24, 2.45) is 5.73 Å². The molecule has 3 rings (SSSR count). The first-order valence-corrected chi connectivity index (χ1v) is 12.3. The maximum Gasteiger partial charge on any atom is 0.306 e. The number of amides is 3. The minimum absolute atomic E-state index is 0.0938. The fraction of sp³-hybridized carbons (Fsp3) is 0.429. The number of esters is 1. The molecule has 9 nitrogen and oxygen atoms in total. The molecule has 198 valence electrons. The molecule has 0 fully saturated rings. The summed E-state index contributed by atoms with van der Waals surface area (Å²) in [5, 5.41) is 0. The SMILES string of the molecule is CC(C)(C)OC(=O)CC[C@@H](C(N)=O)N1C(=O)c2cccc(OCCCCOCc3ccccc3)c2C1=O. The van der Waals surface area contributed by atoms with Crippen LogP contribution in [-0.4, -0.2) is 53.4 Å². The topological polar surface area (TPSA) is 125 Å². The number of benzene rings is 2. The number of imide groups is 1. The van der Waals surface area contributed by atoms with Crippen LogP contribution in [0.25, 0.3) is 0 Å². The fourth-order valence-electron chi connectivity index (χ4n) is 3.97. The second-order valence-electron chi connectivity index (χ2n) is 9.80. The highest BCUT2D eigenvalue weighted by atomic mass is 16.6. The predicted molar refractivity (Wildman–Crippen MR) is 136 cm³/mol. The van der Waals surface area contributed by atoms with Gasteiger partial charge in [0.1, 0.15) is 17.4 Å². The third-order valence-electron chi connectivity index (χ3n) is 5.64. The van der Waals surface area contributed by atoms with Crippen molar-refractivity contribution in [2.45, 2.75) is 64.7 Å². The van der Waals surface area contributed by atoms with Gasteiger partial charge in [-0.15, -0.1) is 0 Å². The number of fused-ring (bicyclic) bond motifs is 1. The van der Waals surface area contributed by atoms with Gasteiger partial charge in [-0.05, 0) is 57.7 Å². The molecule has 9 heteroatoms. The van der Waals surface area contributed by atoms with E-state index in [1.807, 2.05) is 30.3 Å². The quantitative estimate of drug-likeness (QED) is 0.248. The van der Waals surface area contributed by atoms with Gasteiger partial charge >= 0.3 is 5.97 Å². The molecule has 1 aliphatic heterocycles. The lowest BCUT2D eigenvalue weighted by Crippen LogP contribution is -2.48. The average Bonchev–Trinajstić information content (AvgIpc) is 3.09. The van der Waals surface area contributed by atoms with E-state index >= 15 is 0 Å². The molecular weight excluding hydrogens is 476 g/mol. The smallest absolute Gasteiger partial charge is 0.306 e. The monoisotopic (exact) mass is 510 g/mol. The first-order valence-electron chi connectivity index (χ1n) is 12.3. The van der Waals surface area contributed by atoms with Crippen molar-refractivity contribution < 1.29 is 33.4 Å². The van der Waals surface area contributed by atoms with Gasteiger partial charge in [0.05, 0.1) is 24.3 Å². The fourth-order valence-corrected chi connectivity index (χ4v) is 3.97. The van der Waals surface area contributed by atoms with E-state index in [1.54, 1.807) is 32.9 Å². The molecule has 1 aliphatic rings. The average molecular weight is 511 g/mol. The second-order valence-corrected chi connectivity index (χ2v) is 9.80. The van der Waals surface area contributed by atoms with Gasteiger partial charge in [-0.25, -0.2) is 0 Å². The molecule has 2 N–H and O–H groups in total. The minimum atomic E-state index is -1.28. The van der Waals surface area contributed by atoms with Crippen molar-refractivity contribution in [1.82, 2.24) is 4.90 Å². The Morgan fingerprint density at radius 1 is 0.946 bits per heavy atom. The van der Waals surface area contributed by atoms with Crippen LogP contribution in [0.5, 0.6) is 5.75 Å². The van der Waals surface area contributed by atoms with Crippen molar-refractivity contribution in [3.63, 3.8) is 0 Å². The molecule has 0 saturated heterocycles. The van der Waals surface area contributed by atoms with Gasteiger partial charge in [0, 0.05) is 13.0 Å². The van der Waals surface area contributed by atoms with Crippen molar-refractivity contribution in [3.8, 4) is 5.75 Å². The first kappa shape index (κ1) is 27.9. The van der Waals surface area contributed by atoms with Crippen LogP contribution < -0.4 is 10.5 Å². The molecule has 0 bridgehead atoms. The number of nitrogens with zero attached hydrogens (tertiary/aromatic N) is 1. The summed E-state index contributed by atoms with van der Waals surface area (Å²) in [6, 6.07) is 13.3. The summed E-state index contributed by atoms with van der Waals surface area (Å²) in [5.41, 5.74) is 6.16. The molecule has 3 amide bonds.